The predicted molar refractivity (Wildman–Crippen MR) is 66.3 cm³/mol. The molecule has 0 spiro atoms. The van der Waals surface area contributed by atoms with Gasteiger partial charge < -0.3 is 4.74 Å². The van der Waals surface area contributed by atoms with E-state index in [1.165, 1.54) is 0 Å². The fourth-order valence-electron chi connectivity index (χ4n) is 2.27. The molecular weight excluding hydrogens is 230 g/mol. The Kier molecular flexibility index (Phi) is 2.95. The lowest BCUT2D eigenvalue weighted by Gasteiger charge is -2.21. The molecule has 1 aliphatic rings. The minimum absolute atomic E-state index is 0.0769. The Morgan fingerprint density at radius 3 is 3.17 bits per heavy atom. The third-order valence-electron chi connectivity index (χ3n) is 3.17. The van der Waals surface area contributed by atoms with Crippen LogP contribution in [0.1, 0.15) is 24.4 Å². The Labute approximate surface area is 104 Å². The van der Waals surface area contributed by atoms with Gasteiger partial charge in [0.1, 0.15) is 0 Å². The molecule has 6 heteroatoms. The number of fused-ring (bicyclic) bond motifs is 1. The fraction of sp³-hybridized carbons (Fsp3) is 0.333. The molecule has 1 aliphatic heterocycles. The average molecular weight is 245 g/mol. The summed E-state index contributed by atoms with van der Waals surface area (Å²) in [5.41, 5.74) is 5.95. The number of nitrogens with one attached hydrogen (secondary N) is 1. The monoisotopic (exact) mass is 245 g/mol. The van der Waals surface area contributed by atoms with Crippen LogP contribution >= 0.6 is 0 Å². The Hall–Kier alpha value is -1.92. The van der Waals surface area contributed by atoms with Crippen LogP contribution in [0.25, 0.3) is 5.52 Å². The molecule has 2 aromatic rings. The molecule has 3 heterocycles. The number of rotatable bonds is 3. The van der Waals surface area contributed by atoms with Crippen molar-refractivity contribution in [3.05, 3.63) is 42.2 Å². The number of nitrogens with two attached hydrogens (primary N) is 1. The molecule has 6 nitrogen and oxygen atoms in total. The van der Waals surface area contributed by atoms with Gasteiger partial charge in [-0.05, 0) is 18.4 Å². The highest BCUT2D eigenvalue weighted by Crippen LogP contribution is 2.29. The summed E-state index contributed by atoms with van der Waals surface area (Å²) in [6.07, 6.45) is 10.9. The van der Waals surface area contributed by atoms with E-state index in [1.807, 2.05) is 12.4 Å². The Morgan fingerprint density at radius 1 is 1.44 bits per heavy atom. The predicted octanol–water partition coefficient (Wildman–Crippen LogP) is 0.928. The van der Waals surface area contributed by atoms with Gasteiger partial charge >= 0.3 is 0 Å². The maximum absolute atomic E-state index is 5.68. The summed E-state index contributed by atoms with van der Waals surface area (Å²) < 4.78 is 7.16. The third-order valence-corrected chi connectivity index (χ3v) is 3.17. The SMILES string of the molecule is NNC(C1=COCCC1)c1cnn2ccncc12. The van der Waals surface area contributed by atoms with E-state index in [1.54, 1.807) is 23.2 Å². The van der Waals surface area contributed by atoms with Crippen molar-refractivity contribution < 1.29 is 4.74 Å². The molecule has 1 atom stereocenters. The van der Waals surface area contributed by atoms with E-state index in [-0.39, 0.29) is 6.04 Å². The molecule has 18 heavy (non-hydrogen) atoms. The van der Waals surface area contributed by atoms with Gasteiger partial charge in [0.15, 0.2) is 0 Å². The van der Waals surface area contributed by atoms with Gasteiger partial charge in [0, 0.05) is 18.0 Å². The van der Waals surface area contributed by atoms with E-state index in [2.05, 4.69) is 15.5 Å². The summed E-state index contributed by atoms with van der Waals surface area (Å²) in [4.78, 5) is 4.13. The van der Waals surface area contributed by atoms with Gasteiger partial charge in [-0.25, -0.2) is 9.94 Å². The van der Waals surface area contributed by atoms with Crippen LogP contribution in [0.5, 0.6) is 0 Å². The molecule has 0 bridgehead atoms. The van der Waals surface area contributed by atoms with E-state index >= 15 is 0 Å². The Morgan fingerprint density at radius 2 is 2.39 bits per heavy atom. The smallest absolute Gasteiger partial charge is 0.0896 e. The average Bonchev–Trinajstić information content (AvgIpc) is 2.85. The Balaban J connectivity index is 2.03. The second-order valence-corrected chi connectivity index (χ2v) is 4.27. The lowest BCUT2D eigenvalue weighted by Crippen LogP contribution is -2.30. The summed E-state index contributed by atoms with van der Waals surface area (Å²) in [7, 11) is 0. The summed E-state index contributed by atoms with van der Waals surface area (Å²) in [5.74, 6) is 5.68. The molecule has 0 saturated heterocycles. The van der Waals surface area contributed by atoms with Crippen molar-refractivity contribution >= 4 is 5.52 Å². The largest absolute Gasteiger partial charge is 0.501 e. The zero-order chi connectivity index (χ0) is 12.4. The van der Waals surface area contributed by atoms with Crippen LogP contribution in [0.4, 0.5) is 0 Å². The maximum atomic E-state index is 5.68. The molecule has 3 rings (SSSR count). The molecule has 0 aliphatic carbocycles. The highest BCUT2D eigenvalue weighted by molar-refractivity contribution is 5.55. The van der Waals surface area contributed by atoms with E-state index in [0.29, 0.717) is 0 Å². The van der Waals surface area contributed by atoms with Crippen molar-refractivity contribution in [1.29, 1.82) is 0 Å². The standard InChI is InChI=1S/C12H15N5O/c13-16-12(9-2-1-5-18-8-9)10-6-15-17-4-3-14-7-11(10)17/h3-4,6-8,12,16H,1-2,5,13H2. The molecule has 0 fully saturated rings. The zero-order valence-corrected chi connectivity index (χ0v) is 9.91. The molecule has 2 aromatic heterocycles. The van der Waals surface area contributed by atoms with Crippen LogP contribution in [0.2, 0.25) is 0 Å². The van der Waals surface area contributed by atoms with Gasteiger partial charge in [-0.1, -0.05) is 0 Å². The van der Waals surface area contributed by atoms with Crippen LogP contribution in [0.3, 0.4) is 0 Å². The second kappa shape index (κ2) is 4.75. The van der Waals surface area contributed by atoms with Crippen molar-refractivity contribution in [1.82, 2.24) is 20.0 Å². The van der Waals surface area contributed by atoms with Gasteiger partial charge in [-0.15, -0.1) is 0 Å². The van der Waals surface area contributed by atoms with Crippen molar-refractivity contribution in [2.45, 2.75) is 18.9 Å². The summed E-state index contributed by atoms with van der Waals surface area (Å²) in [6, 6.07) is -0.0769. The molecular formula is C12H15N5O. The van der Waals surface area contributed by atoms with Gasteiger partial charge in [-0.2, -0.15) is 5.10 Å². The minimum Gasteiger partial charge on any atom is -0.501 e. The van der Waals surface area contributed by atoms with E-state index < -0.39 is 0 Å². The first-order valence-electron chi connectivity index (χ1n) is 5.94. The zero-order valence-electron chi connectivity index (χ0n) is 9.91. The third kappa shape index (κ3) is 1.85. The molecule has 1 unspecified atom stereocenters. The van der Waals surface area contributed by atoms with Gasteiger partial charge in [0.05, 0.1) is 36.8 Å². The highest BCUT2D eigenvalue weighted by Gasteiger charge is 2.21. The van der Waals surface area contributed by atoms with E-state index in [4.69, 9.17) is 10.6 Å². The topological polar surface area (TPSA) is 77.5 Å². The number of ether oxygens (including phenoxy) is 1. The van der Waals surface area contributed by atoms with Crippen molar-refractivity contribution in [2.24, 2.45) is 5.84 Å². The van der Waals surface area contributed by atoms with Gasteiger partial charge in [0.2, 0.25) is 0 Å². The number of nitrogens with zero attached hydrogens (tertiary/aromatic N) is 3. The van der Waals surface area contributed by atoms with Crippen molar-refractivity contribution in [2.75, 3.05) is 6.61 Å². The molecule has 0 saturated carbocycles. The summed E-state index contributed by atoms with van der Waals surface area (Å²) in [5, 5.41) is 4.30. The number of aromatic nitrogens is 3. The number of hydrogen-bond donors (Lipinski definition) is 2. The first-order valence-corrected chi connectivity index (χ1v) is 5.94. The van der Waals surface area contributed by atoms with Crippen LogP contribution < -0.4 is 11.3 Å². The summed E-state index contributed by atoms with van der Waals surface area (Å²) >= 11 is 0. The first-order chi connectivity index (χ1) is 8.90. The molecule has 94 valence electrons. The molecule has 0 amide bonds. The van der Waals surface area contributed by atoms with Crippen LogP contribution in [0, 0.1) is 0 Å². The van der Waals surface area contributed by atoms with Crippen LogP contribution in [-0.2, 0) is 4.74 Å². The number of hydrazine groups is 1. The first kappa shape index (κ1) is 11.2. The second-order valence-electron chi connectivity index (χ2n) is 4.27. The van der Waals surface area contributed by atoms with Crippen molar-refractivity contribution in [3.63, 3.8) is 0 Å². The van der Waals surface area contributed by atoms with E-state index in [9.17, 15) is 0 Å². The normalized spacial score (nSPS) is 17.3. The van der Waals surface area contributed by atoms with Gasteiger partial charge in [-0.3, -0.25) is 10.8 Å². The number of hydrogen-bond acceptors (Lipinski definition) is 5. The maximum Gasteiger partial charge on any atom is 0.0896 e. The highest BCUT2D eigenvalue weighted by atomic mass is 16.5. The minimum atomic E-state index is -0.0769. The molecule has 0 aromatic carbocycles. The molecule has 3 N–H and O–H groups in total. The van der Waals surface area contributed by atoms with E-state index in [0.717, 1.165) is 36.1 Å². The van der Waals surface area contributed by atoms with Gasteiger partial charge in [0.25, 0.3) is 0 Å². The quantitative estimate of drug-likeness (QED) is 0.621. The fourth-order valence-corrected chi connectivity index (χ4v) is 2.27. The Bertz CT molecular complexity index is 577. The van der Waals surface area contributed by atoms with Crippen LogP contribution in [-0.4, -0.2) is 21.2 Å². The summed E-state index contributed by atoms with van der Waals surface area (Å²) in [6.45, 7) is 0.775. The van der Waals surface area contributed by atoms with Crippen LogP contribution in [0.15, 0.2) is 36.6 Å². The van der Waals surface area contributed by atoms with Crippen molar-refractivity contribution in [3.8, 4) is 0 Å². The molecule has 0 radical (unpaired) electrons. The lowest BCUT2D eigenvalue weighted by atomic mass is 9.97. The lowest BCUT2D eigenvalue weighted by molar-refractivity contribution is 0.219.